The predicted octanol–water partition coefficient (Wildman–Crippen LogP) is 3.85. The van der Waals surface area contributed by atoms with Crippen molar-refractivity contribution < 1.29 is 4.79 Å². The lowest BCUT2D eigenvalue weighted by atomic mass is 9.82. The van der Waals surface area contributed by atoms with Crippen molar-refractivity contribution in [3.8, 4) is 0 Å². The van der Waals surface area contributed by atoms with Gasteiger partial charge in [-0.3, -0.25) is 4.79 Å². The summed E-state index contributed by atoms with van der Waals surface area (Å²) in [7, 11) is 0. The van der Waals surface area contributed by atoms with E-state index in [9.17, 15) is 4.79 Å². The Bertz CT molecular complexity index is 467. The predicted molar refractivity (Wildman–Crippen MR) is 81.7 cm³/mol. The second kappa shape index (κ2) is 5.46. The van der Waals surface area contributed by atoms with Crippen LogP contribution >= 0.6 is 0 Å². The Balaban J connectivity index is 3.01. The molecule has 0 heterocycles. The van der Waals surface area contributed by atoms with Crippen LogP contribution in [0.5, 0.6) is 0 Å². The Labute approximate surface area is 117 Å². The molecule has 2 N–H and O–H groups in total. The molecule has 19 heavy (non-hydrogen) atoms. The van der Waals surface area contributed by atoms with Gasteiger partial charge in [-0.1, -0.05) is 52.8 Å². The highest BCUT2D eigenvalue weighted by Gasteiger charge is 2.23. The molecule has 0 unspecified atom stereocenters. The Hall–Kier alpha value is -1.15. The lowest BCUT2D eigenvalue weighted by molar-refractivity contribution is 0.0934. The molecule has 106 valence electrons. The van der Waals surface area contributed by atoms with Crippen LogP contribution in [0.1, 0.15) is 62.5 Å². The van der Waals surface area contributed by atoms with Crippen LogP contribution in [0.4, 0.5) is 0 Å². The maximum atomic E-state index is 12.3. The first kappa shape index (κ1) is 15.9. The maximum absolute atomic E-state index is 12.3. The summed E-state index contributed by atoms with van der Waals surface area (Å²) >= 11 is 0. The number of rotatable bonds is 4. The first-order valence-corrected chi connectivity index (χ1v) is 6.91. The van der Waals surface area contributed by atoms with Gasteiger partial charge in [0.05, 0.1) is 0 Å². The molecule has 0 fully saturated rings. The third-order valence-electron chi connectivity index (χ3n) is 3.58. The van der Waals surface area contributed by atoms with E-state index in [2.05, 4.69) is 32.9 Å². The van der Waals surface area contributed by atoms with Crippen LogP contribution in [-0.4, -0.2) is 12.3 Å². The zero-order valence-corrected chi connectivity index (χ0v) is 13.1. The third-order valence-corrected chi connectivity index (χ3v) is 3.58. The number of hydrogen-bond acceptors (Lipinski definition) is 2. The molecule has 0 aliphatic carbocycles. The quantitative estimate of drug-likeness (QED) is 0.837. The van der Waals surface area contributed by atoms with Gasteiger partial charge in [0.1, 0.15) is 0 Å². The molecule has 0 saturated carbocycles. The molecule has 0 amide bonds. The van der Waals surface area contributed by atoms with E-state index in [0.29, 0.717) is 13.0 Å². The van der Waals surface area contributed by atoms with Gasteiger partial charge in [-0.2, -0.15) is 0 Å². The zero-order valence-electron chi connectivity index (χ0n) is 13.1. The minimum absolute atomic E-state index is 0.114. The molecule has 0 aliphatic heterocycles. The smallest absolute Gasteiger partial charge is 0.163 e. The molecule has 1 aromatic rings. The molecule has 0 spiro atoms. The molecule has 0 radical (unpaired) electrons. The summed E-state index contributed by atoms with van der Waals surface area (Å²) in [6.45, 7) is 13.1. The van der Waals surface area contributed by atoms with Crippen molar-refractivity contribution in [2.24, 2.45) is 11.1 Å². The SMILES string of the molecule is Cc1cc(C(C)(C)C)ccc1C(=O)CC(C)(C)CN. The van der Waals surface area contributed by atoms with Crippen molar-refractivity contribution in [2.75, 3.05) is 6.54 Å². The summed E-state index contributed by atoms with van der Waals surface area (Å²) in [5, 5.41) is 0. The van der Waals surface area contributed by atoms with E-state index in [0.717, 1.165) is 11.1 Å². The van der Waals surface area contributed by atoms with Gasteiger partial charge in [0.2, 0.25) is 0 Å². The number of benzene rings is 1. The number of aryl methyl sites for hydroxylation is 1. The van der Waals surface area contributed by atoms with Crippen molar-refractivity contribution in [1.82, 2.24) is 0 Å². The lowest BCUT2D eigenvalue weighted by Gasteiger charge is -2.23. The number of carbonyl (C=O) groups is 1. The van der Waals surface area contributed by atoms with Crippen LogP contribution in [0.3, 0.4) is 0 Å². The summed E-state index contributed by atoms with van der Waals surface area (Å²) in [5.41, 5.74) is 8.83. The molecule has 0 bridgehead atoms. The van der Waals surface area contributed by atoms with Crippen molar-refractivity contribution in [3.05, 3.63) is 34.9 Å². The minimum atomic E-state index is -0.133. The van der Waals surface area contributed by atoms with Gasteiger partial charge < -0.3 is 5.73 Å². The molecule has 0 atom stereocenters. The Morgan fingerprint density at radius 1 is 1.16 bits per heavy atom. The second-order valence-corrected chi connectivity index (χ2v) is 7.25. The largest absolute Gasteiger partial charge is 0.330 e. The van der Waals surface area contributed by atoms with Gasteiger partial charge in [-0.15, -0.1) is 0 Å². The highest BCUT2D eigenvalue weighted by Crippen LogP contribution is 2.27. The van der Waals surface area contributed by atoms with Gasteiger partial charge in [0.15, 0.2) is 5.78 Å². The van der Waals surface area contributed by atoms with E-state index in [-0.39, 0.29) is 16.6 Å². The van der Waals surface area contributed by atoms with Crippen molar-refractivity contribution in [3.63, 3.8) is 0 Å². The third kappa shape index (κ3) is 4.17. The van der Waals surface area contributed by atoms with Gasteiger partial charge in [-0.25, -0.2) is 0 Å². The van der Waals surface area contributed by atoms with Crippen LogP contribution in [0.25, 0.3) is 0 Å². The van der Waals surface area contributed by atoms with Crippen LogP contribution in [0.15, 0.2) is 18.2 Å². The monoisotopic (exact) mass is 261 g/mol. The summed E-state index contributed by atoms with van der Waals surface area (Å²) in [6, 6.07) is 6.16. The second-order valence-electron chi connectivity index (χ2n) is 7.25. The highest BCUT2D eigenvalue weighted by molar-refractivity contribution is 5.97. The van der Waals surface area contributed by atoms with Gasteiger partial charge >= 0.3 is 0 Å². The molecular formula is C17H27NO. The van der Waals surface area contributed by atoms with Gasteiger partial charge in [0, 0.05) is 12.0 Å². The first-order chi connectivity index (χ1) is 8.57. The lowest BCUT2D eigenvalue weighted by Crippen LogP contribution is -2.27. The fourth-order valence-corrected chi connectivity index (χ4v) is 2.05. The summed E-state index contributed by atoms with van der Waals surface area (Å²) in [5.74, 6) is 0.188. The number of ketones is 1. The van der Waals surface area contributed by atoms with Crippen molar-refractivity contribution >= 4 is 5.78 Å². The van der Waals surface area contributed by atoms with E-state index in [1.54, 1.807) is 0 Å². The molecule has 2 heteroatoms. The van der Waals surface area contributed by atoms with E-state index in [1.807, 2.05) is 26.8 Å². The maximum Gasteiger partial charge on any atom is 0.163 e. The van der Waals surface area contributed by atoms with E-state index in [4.69, 9.17) is 5.73 Å². The highest BCUT2D eigenvalue weighted by atomic mass is 16.1. The number of Topliss-reactive ketones (excluding diaryl/α,β-unsaturated/α-hetero) is 1. The fourth-order valence-electron chi connectivity index (χ4n) is 2.05. The molecule has 0 aliphatic rings. The Morgan fingerprint density at radius 3 is 2.16 bits per heavy atom. The Kier molecular flexibility index (Phi) is 4.57. The normalized spacial score (nSPS) is 12.6. The minimum Gasteiger partial charge on any atom is -0.330 e. The topological polar surface area (TPSA) is 43.1 Å². The molecule has 0 saturated heterocycles. The van der Waals surface area contributed by atoms with Crippen LogP contribution < -0.4 is 5.73 Å². The van der Waals surface area contributed by atoms with Crippen LogP contribution in [0, 0.1) is 12.3 Å². The summed E-state index contributed by atoms with van der Waals surface area (Å²) in [6.07, 6.45) is 0.499. The zero-order chi connectivity index (χ0) is 14.8. The molecular weight excluding hydrogens is 234 g/mol. The van der Waals surface area contributed by atoms with E-state index in [1.165, 1.54) is 5.56 Å². The number of nitrogens with two attached hydrogens (primary N) is 1. The average molecular weight is 261 g/mol. The fraction of sp³-hybridized carbons (Fsp3) is 0.588. The van der Waals surface area contributed by atoms with Crippen LogP contribution in [0.2, 0.25) is 0 Å². The van der Waals surface area contributed by atoms with Crippen molar-refractivity contribution in [2.45, 2.75) is 53.4 Å². The summed E-state index contributed by atoms with van der Waals surface area (Å²) in [4.78, 5) is 12.3. The van der Waals surface area contributed by atoms with Gasteiger partial charge in [0.25, 0.3) is 0 Å². The van der Waals surface area contributed by atoms with Crippen LogP contribution in [-0.2, 0) is 5.41 Å². The summed E-state index contributed by atoms with van der Waals surface area (Å²) < 4.78 is 0. The number of carbonyl (C=O) groups excluding carboxylic acids is 1. The van der Waals surface area contributed by atoms with Crippen molar-refractivity contribution in [1.29, 1.82) is 0 Å². The van der Waals surface area contributed by atoms with Gasteiger partial charge in [-0.05, 0) is 35.4 Å². The standard InChI is InChI=1S/C17H27NO/c1-12-9-13(16(2,3)4)7-8-14(12)15(19)10-17(5,6)11-18/h7-9H,10-11,18H2,1-6H3. The van der Waals surface area contributed by atoms with E-state index < -0.39 is 0 Å². The molecule has 0 aromatic heterocycles. The average Bonchev–Trinajstić information content (AvgIpc) is 2.26. The Morgan fingerprint density at radius 2 is 1.74 bits per heavy atom. The molecule has 1 aromatic carbocycles. The molecule has 2 nitrogen and oxygen atoms in total. The van der Waals surface area contributed by atoms with E-state index >= 15 is 0 Å². The first-order valence-electron chi connectivity index (χ1n) is 6.91. The molecule has 1 rings (SSSR count). The number of hydrogen-bond donors (Lipinski definition) is 1.